The van der Waals surface area contributed by atoms with E-state index >= 15 is 0 Å². The standard InChI is InChI=1S/C13H20N2O2/c1-9-3-4-11(12(16)7-9)13(17)15-8-10(2)5-6-14/h3-4,7,10,16H,5-6,8,14H2,1-2H3,(H,15,17). The van der Waals surface area contributed by atoms with Crippen molar-refractivity contribution in [1.29, 1.82) is 0 Å². The Kier molecular flexibility index (Phi) is 4.97. The van der Waals surface area contributed by atoms with Gasteiger partial charge in [-0.05, 0) is 43.5 Å². The number of hydrogen-bond donors (Lipinski definition) is 3. The molecule has 0 heterocycles. The van der Waals surface area contributed by atoms with Gasteiger partial charge in [-0.3, -0.25) is 4.79 Å². The fourth-order valence-corrected chi connectivity index (χ4v) is 1.58. The molecule has 17 heavy (non-hydrogen) atoms. The van der Waals surface area contributed by atoms with Crippen molar-refractivity contribution in [3.05, 3.63) is 29.3 Å². The lowest BCUT2D eigenvalue weighted by Gasteiger charge is -2.12. The Labute approximate surface area is 102 Å². The predicted octanol–water partition coefficient (Wildman–Crippen LogP) is 1.42. The molecule has 1 atom stereocenters. The van der Waals surface area contributed by atoms with E-state index in [-0.39, 0.29) is 11.7 Å². The van der Waals surface area contributed by atoms with Crippen molar-refractivity contribution in [2.45, 2.75) is 20.3 Å². The first-order valence-corrected chi connectivity index (χ1v) is 5.82. The number of aryl methyl sites for hydroxylation is 1. The van der Waals surface area contributed by atoms with Gasteiger partial charge in [0.25, 0.3) is 5.91 Å². The number of carbonyl (C=O) groups is 1. The molecule has 1 aromatic rings. The molecule has 0 radical (unpaired) electrons. The minimum atomic E-state index is -0.244. The van der Waals surface area contributed by atoms with Crippen LogP contribution in [-0.4, -0.2) is 24.1 Å². The molecule has 1 amide bonds. The van der Waals surface area contributed by atoms with E-state index in [1.54, 1.807) is 18.2 Å². The molecule has 1 rings (SSSR count). The number of rotatable bonds is 5. The summed E-state index contributed by atoms with van der Waals surface area (Å²) in [6.45, 7) is 5.09. The molecular weight excluding hydrogens is 216 g/mol. The lowest BCUT2D eigenvalue weighted by atomic mass is 10.1. The number of phenols is 1. The second-order valence-electron chi connectivity index (χ2n) is 4.41. The minimum Gasteiger partial charge on any atom is -0.507 e. The molecule has 4 nitrogen and oxygen atoms in total. The zero-order chi connectivity index (χ0) is 12.8. The number of nitrogens with two attached hydrogens (primary N) is 1. The Bertz CT molecular complexity index is 391. The van der Waals surface area contributed by atoms with E-state index in [0.29, 0.717) is 24.6 Å². The van der Waals surface area contributed by atoms with E-state index in [1.807, 2.05) is 13.8 Å². The summed E-state index contributed by atoms with van der Waals surface area (Å²) in [7, 11) is 0. The van der Waals surface area contributed by atoms with Crippen LogP contribution in [0.4, 0.5) is 0 Å². The van der Waals surface area contributed by atoms with Crippen LogP contribution in [0, 0.1) is 12.8 Å². The highest BCUT2D eigenvalue weighted by Gasteiger charge is 2.11. The summed E-state index contributed by atoms with van der Waals surface area (Å²) in [6, 6.07) is 5.02. The normalized spacial score (nSPS) is 12.2. The molecule has 0 aliphatic carbocycles. The molecular formula is C13H20N2O2. The lowest BCUT2D eigenvalue weighted by molar-refractivity contribution is 0.0945. The zero-order valence-electron chi connectivity index (χ0n) is 10.4. The lowest BCUT2D eigenvalue weighted by Crippen LogP contribution is -2.29. The van der Waals surface area contributed by atoms with Gasteiger partial charge in [-0.15, -0.1) is 0 Å². The summed E-state index contributed by atoms with van der Waals surface area (Å²) in [5, 5.41) is 12.4. The van der Waals surface area contributed by atoms with Crippen LogP contribution in [0.5, 0.6) is 5.75 Å². The summed E-state index contributed by atoms with van der Waals surface area (Å²) in [5.74, 6) is 0.122. The van der Waals surface area contributed by atoms with Crippen LogP contribution < -0.4 is 11.1 Å². The Hall–Kier alpha value is -1.55. The number of amides is 1. The van der Waals surface area contributed by atoms with Gasteiger partial charge in [-0.25, -0.2) is 0 Å². The Morgan fingerprint density at radius 1 is 1.53 bits per heavy atom. The predicted molar refractivity (Wildman–Crippen MR) is 68.0 cm³/mol. The van der Waals surface area contributed by atoms with E-state index < -0.39 is 0 Å². The van der Waals surface area contributed by atoms with E-state index in [1.165, 1.54) is 0 Å². The third-order valence-corrected chi connectivity index (χ3v) is 2.67. The number of phenolic OH excluding ortho intramolecular Hbond substituents is 1. The van der Waals surface area contributed by atoms with Gasteiger partial charge < -0.3 is 16.2 Å². The maximum absolute atomic E-state index is 11.8. The first-order valence-electron chi connectivity index (χ1n) is 5.82. The van der Waals surface area contributed by atoms with Crippen molar-refractivity contribution in [2.24, 2.45) is 11.7 Å². The van der Waals surface area contributed by atoms with Crippen molar-refractivity contribution in [2.75, 3.05) is 13.1 Å². The van der Waals surface area contributed by atoms with E-state index in [9.17, 15) is 9.90 Å². The molecule has 0 aromatic heterocycles. The van der Waals surface area contributed by atoms with Crippen molar-refractivity contribution in [1.82, 2.24) is 5.32 Å². The van der Waals surface area contributed by atoms with Gasteiger partial charge in [0.1, 0.15) is 5.75 Å². The van der Waals surface area contributed by atoms with Crippen LogP contribution in [0.2, 0.25) is 0 Å². The van der Waals surface area contributed by atoms with Crippen LogP contribution in [-0.2, 0) is 0 Å². The fraction of sp³-hybridized carbons (Fsp3) is 0.462. The van der Waals surface area contributed by atoms with Gasteiger partial charge in [-0.1, -0.05) is 13.0 Å². The van der Waals surface area contributed by atoms with Gasteiger partial charge in [0.05, 0.1) is 5.56 Å². The molecule has 4 heteroatoms. The zero-order valence-corrected chi connectivity index (χ0v) is 10.4. The third-order valence-electron chi connectivity index (χ3n) is 2.67. The van der Waals surface area contributed by atoms with Crippen LogP contribution in [0.25, 0.3) is 0 Å². The monoisotopic (exact) mass is 236 g/mol. The summed E-state index contributed by atoms with van der Waals surface area (Å²) in [6.07, 6.45) is 0.875. The molecule has 0 aliphatic heterocycles. The first-order chi connectivity index (χ1) is 8.04. The highest BCUT2D eigenvalue weighted by molar-refractivity contribution is 5.96. The molecule has 0 bridgehead atoms. The van der Waals surface area contributed by atoms with Crippen molar-refractivity contribution in [3.8, 4) is 5.75 Å². The summed E-state index contributed by atoms with van der Waals surface area (Å²) in [4.78, 5) is 11.8. The van der Waals surface area contributed by atoms with Gasteiger partial charge in [-0.2, -0.15) is 0 Å². The second-order valence-corrected chi connectivity index (χ2v) is 4.41. The molecule has 0 fully saturated rings. The molecule has 0 saturated heterocycles. The summed E-state index contributed by atoms with van der Waals surface area (Å²) >= 11 is 0. The van der Waals surface area contributed by atoms with Gasteiger partial charge in [0, 0.05) is 6.54 Å². The van der Waals surface area contributed by atoms with E-state index in [4.69, 9.17) is 5.73 Å². The van der Waals surface area contributed by atoms with Crippen LogP contribution in [0.3, 0.4) is 0 Å². The van der Waals surface area contributed by atoms with Crippen molar-refractivity contribution in [3.63, 3.8) is 0 Å². The number of carbonyl (C=O) groups excluding carboxylic acids is 1. The maximum atomic E-state index is 11.8. The quantitative estimate of drug-likeness (QED) is 0.723. The average molecular weight is 236 g/mol. The molecule has 4 N–H and O–H groups in total. The highest BCUT2D eigenvalue weighted by atomic mass is 16.3. The molecule has 0 spiro atoms. The Balaban J connectivity index is 2.58. The third kappa shape index (κ3) is 4.07. The maximum Gasteiger partial charge on any atom is 0.255 e. The highest BCUT2D eigenvalue weighted by Crippen LogP contribution is 2.18. The molecule has 94 valence electrons. The number of aromatic hydroxyl groups is 1. The fourth-order valence-electron chi connectivity index (χ4n) is 1.58. The molecule has 0 aliphatic rings. The molecule has 0 saturated carbocycles. The molecule has 1 aromatic carbocycles. The van der Waals surface area contributed by atoms with Crippen LogP contribution >= 0.6 is 0 Å². The van der Waals surface area contributed by atoms with Gasteiger partial charge in [0.15, 0.2) is 0 Å². The van der Waals surface area contributed by atoms with Gasteiger partial charge in [0.2, 0.25) is 0 Å². The first kappa shape index (κ1) is 13.5. The smallest absolute Gasteiger partial charge is 0.255 e. The Morgan fingerprint density at radius 2 is 2.24 bits per heavy atom. The molecule has 1 unspecified atom stereocenters. The second kappa shape index (κ2) is 6.25. The van der Waals surface area contributed by atoms with Crippen LogP contribution in [0.15, 0.2) is 18.2 Å². The van der Waals surface area contributed by atoms with Crippen LogP contribution in [0.1, 0.15) is 29.3 Å². The number of hydrogen-bond acceptors (Lipinski definition) is 3. The SMILES string of the molecule is Cc1ccc(C(=O)NCC(C)CCN)c(O)c1. The summed E-state index contributed by atoms with van der Waals surface area (Å²) in [5.41, 5.74) is 6.68. The minimum absolute atomic E-state index is 0.0222. The summed E-state index contributed by atoms with van der Waals surface area (Å²) < 4.78 is 0. The number of nitrogens with one attached hydrogen (secondary N) is 1. The van der Waals surface area contributed by atoms with Gasteiger partial charge >= 0.3 is 0 Å². The van der Waals surface area contributed by atoms with Crippen molar-refractivity contribution >= 4 is 5.91 Å². The largest absolute Gasteiger partial charge is 0.507 e. The van der Waals surface area contributed by atoms with E-state index in [0.717, 1.165) is 12.0 Å². The Morgan fingerprint density at radius 3 is 2.82 bits per heavy atom. The van der Waals surface area contributed by atoms with E-state index in [2.05, 4.69) is 5.32 Å². The number of benzene rings is 1. The van der Waals surface area contributed by atoms with Crippen molar-refractivity contribution < 1.29 is 9.90 Å². The average Bonchev–Trinajstić information content (AvgIpc) is 2.26. The topological polar surface area (TPSA) is 75.4 Å².